The largest absolute Gasteiger partial charge is 0.339 e. The average molecular weight is 406 g/mol. The third-order valence-corrected chi connectivity index (χ3v) is 5.51. The summed E-state index contributed by atoms with van der Waals surface area (Å²) < 4.78 is 5.66. The van der Waals surface area contributed by atoms with Gasteiger partial charge in [-0.05, 0) is 24.0 Å². The van der Waals surface area contributed by atoms with Crippen LogP contribution in [-0.4, -0.2) is 45.7 Å². The van der Waals surface area contributed by atoms with E-state index < -0.39 is 0 Å². The highest BCUT2D eigenvalue weighted by Crippen LogP contribution is 2.39. The molecule has 1 aromatic carbocycles. The highest BCUT2D eigenvalue weighted by Gasteiger charge is 2.40. The minimum absolute atomic E-state index is 0.0464. The molecule has 30 heavy (non-hydrogen) atoms. The lowest BCUT2D eigenvalue weighted by Crippen LogP contribution is -2.39. The van der Waals surface area contributed by atoms with Gasteiger partial charge in [0.15, 0.2) is 0 Å². The summed E-state index contributed by atoms with van der Waals surface area (Å²) in [6, 6.07) is 13.7. The van der Waals surface area contributed by atoms with E-state index in [1.165, 1.54) is 0 Å². The second kappa shape index (κ2) is 9.07. The van der Waals surface area contributed by atoms with Crippen molar-refractivity contribution in [3.63, 3.8) is 0 Å². The van der Waals surface area contributed by atoms with Gasteiger partial charge in [-0.25, -0.2) is 4.79 Å². The van der Waals surface area contributed by atoms with Gasteiger partial charge in [0.2, 0.25) is 11.7 Å². The van der Waals surface area contributed by atoms with Crippen molar-refractivity contribution in [2.45, 2.75) is 32.1 Å². The fourth-order valence-electron chi connectivity index (χ4n) is 3.82. The van der Waals surface area contributed by atoms with E-state index in [9.17, 15) is 4.79 Å². The number of pyridine rings is 1. The van der Waals surface area contributed by atoms with Crippen LogP contribution in [0.15, 0.2) is 59.4 Å². The molecule has 0 saturated carbocycles. The summed E-state index contributed by atoms with van der Waals surface area (Å²) in [5.74, 6) is 1.65. The van der Waals surface area contributed by atoms with E-state index in [-0.39, 0.29) is 17.9 Å². The number of nitrogens with zero attached hydrogens (tertiary/aromatic N) is 4. The lowest BCUT2D eigenvalue weighted by molar-refractivity contribution is 0.206. The van der Waals surface area contributed by atoms with Crippen LogP contribution in [-0.2, 0) is 0 Å². The molecule has 3 heterocycles. The standard InChI is InChI=1S/C23H27N5O2/c1-16(2)10-12-25-23(29)28-14-19(18-9-6-11-24-13-18)20(15-28)22-26-21(27-30-22)17-7-4-3-5-8-17/h3-9,11,13,16,19-20H,10,12,14-15H2,1-2H3,(H,25,29)/t19-,20+/m0/s1. The van der Waals surface area contributed by atoms with Crippen LogP contribution in [0, 0.1) is 5.92 Å². The van der Waals surface area contributed by atoms with E-state index in [1.54, 1.807) is 6.20 Å². The Bertz CT molecular complexity index is 958. The summed E-state index contributed by atoms with van der Waals surface area (Å²) in [5.41, 5.74) is 1.98. The van der Waals surface area contributed by atoms with Gasteiger partial charge in [0.25, 0.3) is 0 Å². The quantitative estimate of drug-likeness (QED) is 0.668. The Morgan fingerprint density at radius 1 is 1.17 bits per heavy atom. The summed E-state index contributed by atoms with van der Waals surface area (Å²) in [5, 5.41) is 7.21. The summed E-state index contributed by atoms with van der Waals surface area (Å²) >= 11 is 0. The SMILES string of the molecule is CC(C)CCNC(=O)N1C[C@@H](c2cccnc2)[C@H](c2nc(-c3ccccc3)no2)C1. The summed E-state index contributed by atoms with van der Waals surface area (Å²) in [7, 11) is 0. The Morgan fingerprint density at radius 3 is 2.70 bits per heavy atom. The Balaban J connectivity index is 1.55. The number of nitrogens with one attached hydrogen (secondary N) is 1. The first-order valence-electron chi connectivity index (χ1n) is 10.4. The highest BCUT2D eigenvalue weighted by atomic mass is 16.5. The van der Waals surface area contributed by atoms with Gasteiger partial charge < -0.3 is 14.7 Å². The highest BCUT2D eigenvalue weighted by molar-refractivity contribution is 5.74. The van der Waals surface area contributed by atoms with Crippen LogP contribution in [0.25, 0.3) is 11.4 Å². The van der Waals surface area contributed by atoms with Gasteiger partial charge in [-0.2, -0.15) is 4.98 Å². The number of hydrogen-bond acceptors (Lipinski definition) is 5. The monoisotopic (exact) mass is 405 g/mol. The number of rotatable bonds is 6. The molecule has 1 fully saturated rings. The molecular weight excluding hydrogens is 378 g/mol. The number of aromatic nitrogens is 3. The topological polar surface area (TPSA) is 84.2 Å². The summed E-state index contributed by atoms with van der Waals surface area (Å²) in [4.78, 5) is 23.5. The van der Waals surface area contributed by atoms with Crippen LogP contribution < -0.4 is 5.32 Å². The lowest BCUT2D eigenvalue weighted by Gasteiger charge is -2.17. The zero-order valence-corrected chi connectivity index (χ0v) is 17.4. The molecule has 2 aromatic heterocycles. The molecule has 0 spiro atoms. The van der Waals surface area contributed by atoms with Crippen molar-refractivity contribution < 1.29 is 9.32 Å². The van der Waals surface area contributed by atoms with E-state index in [4.69, 9.17) is 4.52 Å². The van der Waals surface area contributed by atoms with Gasteiger partial charge in [0, 0.05) is 43.5 Å². The third kappa shape index (κ3) is 4.50. The molecule has 0 unspecified atom stereocenters. The van der Waals surface area contributed by atoms with Crippen LogP contribution in [0.3, 0.4) is 0 Å². The molecule has 1 N–H and O–H groups in total. The fraction of sp³-hybridized carbons (Fsp3) is 0.391. The minimum atomic E-state index is -0.0741. The van der Waals surface area contributed by atoms with Crippen molar-refractivity contribution >= 4 is 6.03 Å². The van der Waals surface area contributed by atoms with Crippen molar-refractivity contribution in [1.82, 2.24) is 25.3 Å². The number of likely N-dealkylation sites (tertiary alicyclic amines) is 1. The van der Waals surface area contributed by atoms with Crippen molar-refractivity contribution in [3.05, 3.63) is 66.3 Å². The minimum Gasteiger partial charge on any atom is -0.339 e. The normalized spacial score (nSPS) is 18.7. The summed E-state index contributed by atoms with van der Waals surface area (Å²) in [6.07, 6.45) is 4.56. The maximum atomic E-state index is 12.7. The van der Waals surface area contributed by atoms with Gasteiger partial charge in [-0.1, -0.05) is 55.4 Å². The van der Waals surface area contributed by atoms with Gasteiger partial charge in [-0.3, -0.25) is 4.98 Å². The number of carbonyl (C=O) groups excluding carboxylic acids is 1. The Morgan fingerprint density at radius 2 is 1.97 bits per heavy atom. The van der Waals surface area contributed by atoms with E-state index >= 15 is 0 Å². The molecule has 1 aliphatic heterocycles. The first-order chi connectivity index (χ1) is 14.6. The Hall–Kier alpha value is -3.22. The molecule has 0 aliphatic carbocycles. The predicted octanol–water partition coefficient (Wildman–Crippen LogP) is 4.07. The van der Waals surface area contributed by atoms with Crippen LogP contribution in [0.1, 0.15) is 43.6 Å². The van der Waals surface area contributed by atoms with Gasteiger partial charge in [0.05, 0.1) is 5.92 Å². The third-order valence-electron chi connectivity index (χ3n) is 5.51. The van der Waals surface area contributed by atoms with Gasteiger partial charge in [-0.15, -0.1) is 0 Å². The van der Waals surface area contributed by atoms with E-state index in [2.05, 4.69) is 34.3 Å². The van der Waals surface area contributed by atoms with E-state index in [1.807, 2.05) is 53.6 Å². The van der Waals surface area contributed by atoms with Crippen molar-refractivity contribution in [3.8, 4) is 11.4 Å². The zero-order valence-electron chi connectivity index (χ0n) is 17.4. The Labute approximate surface area is 176 Å². The molecule has 7 heteroatoms. The van der Waals surface area contributed by atoms with Crippen LogP contribution in [0.5, 0.6) is 0 Å². The lowest BCUT2D eigenvalue weighted by atomic mass is 9.90. The number of amides is 2. The molecule has 156 valence electrons. The molecule has 7 nitrogen and oxygen atoms in total. The van der Waals surface area contributed by atoms with Crippen LogP contribution in [0.4, 0.5) is 4.79 Å². The molecule has 4 rings (SSSR count). The number of urea groups is 1. The first-order valence-corrected chi connectivity index (χ1v) is 10.4. The molecule has 2 atom stereocenters. The molecular formula is C23H27N5O2. The fourth-order valence-corrected chi connectivity index (χ4v) is 3.82. The zero-order chi connectivity index (χ0) is 20.9. The number of carbonyl (C=O) groups is 1. The van der Waals surface area contributed by atoms with Crippen molar-refractivity contribution in [1.29, 1.82) is 0 Å². The number of benzene rings is 1. The second-order valence-corrected chi connectivity index (χ2v) is 8.14. The Kier molecular flexibility index (Phi) is 6.07. The van der Waals surface area contributed by atoms with E-state index in [0.29, 0.717) is 37.3 Å². The molecule has 0 radical (unpaired) electrons. The second-order valence-electron chi connectivity index (χ2n) is 8.14. The van der Waals surface area contributed by atoms with Crippen LogP contribution >= 0.6 is 0 Å². The molecule has 0 bridgehead atoms. The van der Waals surface area contributed by atoms with Crippen molar-refractivity contribution in [2.75, 3.05) is 19.6 Å². The smallest absolute Gasteiger partial charge is 0.317 e. The molecule has 1 saturated heterocycles. The number of hydrogen-bond donors (Lipinski definition) is 1. The summed E-state index contributed by atoms with van der Waals surface area (Å²) in [6.45, 7) is 6.09. The maximum absolute atomic E-state index is 12.7. The molecule has 1 aliphatic rings. The van der Waals surface area contributed by atoms with E-state index in [0.717, 1.165) is 17.5 Å². The first kappa shape index (κ1) is 20.1. The molecule has 3 aromatic rings. The van der Waals surface area contributed by atoms with Crippen LogP contribution in [0.2, 0.25) is 0 Å². The predicted molar refractivity (Wildman–Crippen MR) is 114 cm³/mol. The molecule has 2 amide bonds. The maximum Gasteiger partial charge on any atom is 0.317 e. The average Bonchev–Trinajstić information content (AvgIpc) is 3.42. The van der Waals surface area contributed by atoms with Gasteiger partial charge in [0.1, 0.15) is 0 Å². The van der Waals surface area contributed by atoms with Crippen molar-refractivity contribution in [2.24, 2.45) is 5.92 Å². The van der Waals surface area contributed by atoms with Gasteiger partial charge >= 0.3 is 6.03 Å².